The van der Waals surface area contributed by atoms with Crippen molar-refractivity contribution in [3.63, 3.8) is 0 Å². The molecule has 33 heavy (non-hydrogen) atoms. The van der Waals surface area contributed by atoms with Gasteiger partial charge < -0.3 is 10.6 Å². The van der Waals surface area contributed by atoms with Gasteiger partial charge in [0.1, 0.15) is 17.3 Å². The molecule has 1 saturated heterocycles. The average Bonchev–Trinajstić information content (AvgIpc) is 3.54. The number of nitriles is 1. The zero-order valence-electron chi connectivity index (χ0n) is 17.6. The lowest BCUT2D eigenvalue weighted by molar-refractivity contribution is 0.789. The van der Waals surface area contributed by atoms with E-state index in [9.17, 15) is 5.26 Å². The van der Waals surface area contributed by atoms with Crippen LogP contribution in [0.15, 0.2) is 61.3 Å². The van der Waals surface area contributed by atoms with E-state index in [0.29, 0.717) is 28.9 Å². The average molecular weight is 433 g/mol. The van der Waals surface area contributed by atoms with E-state index in [4.69, 9.17) is 9.97 Å². The van der Waals surface area contributed by atoms with Crippen LogP contribution >= 0.6 is 0 Å². The van der Waals surface area contributed by atoms with Crippen molar-refractivity contribution in [2.24, 2.45) is 0 Å². The molecule has 0 spiro atoms. The molecular formula is C24H19N9. The van der Waals surface area contributed by atoms with Crippen LogP contribution in [0.1, 0.15) is 12.0 Å². The highest BCUT2D eigenvalue weighted by Crippen LogP contribution is 2.27. The Morgan fingerprint density at radius 2 is 2.00 bits per heavy atom. The Bertz CT molecular complexity index is 1530. The number of hydrogen-bond acceptors (Lipinski definition) is 8. The van der Waals surface area contributed by atoms with Gasteiger partial charge in [0.25, 0.3) is 0 Å². The highest BCUT2D eigenvalue weighted by atomic mass is 15.1. The predicted molar refractivity (Wildman–Crippen MR) is 125 cm³/mol. The van der Waals surface area contributed by atoms with Crippen LogP contribution in [0.5, 0.6) is 0 Å². The smallest absolute Gasteiger partial charge is 0.162 e. The van der Waals surface area contributed by atoms with Crippen molar-refractivity contribution in [2.75, 3.05) is 18.4 Å². The van der Waals surface area contributed by atoms with Crippen molar-refractivity contribution in [1.29, 1.82) is 5.26 Å². The second-order valence-corrected chi connectivity index (χ2v) is 7.92. The summed E-state index contributed by atoms with van der Waals surface area (Å²) in [5, 5.41) is 18.1. The Morgan fingerprint density at radius 3 is 2.88 bits per heavy atom. The maximum Gasteiger partial charge on any atom is 0.162 e. The predicted octanol–water partition coefficient (Wildman–Crippen LogP) is 3.07. The first-order chi connectivity index (χ1) is 16.3. The molecule has 0 aliphatic carbocycles. The molecule has 1 aliphatic heterocycles. The van der Waals surface area contributed by atoms with Crippen LogP contribution in [0.25, 0.3) is 39.1 Å². The van der Waals surface area contributed by atoms with Gasteiger partial charge in [0.15, 0.2) is 5.82 Å². The summed E-state index contributed by atoms with van der Waals surface area (Å²) in [4.78, 5) is 22.9. The summed E-state index contributed by atoms with van der Waals surface area (Å²) in [7, 11) is 0. The standard InChI is InChI=1S/C24H19N9/c25-12-16-2-9-29-24-18(16)5-10-33(24)21-11-15(1-8-28-21)22-31-20-14-27-7-4-19(20)23(32-22)30-17-3-6-26-13-17/h1-2,4-5,7-11,14,17,26H,3,6,13H2,(H,30,31,32). The van der Waals surface area contributed by atoms with Gasteiger partial charge >= 0.3 is 0 Å². The van der Waals surface area contributed by atoms with Gasteiger partial charge in [-0.25, -0.2) is 19.9 Å². The molecule has 9 heteroatoms. The van der Waals surface area contributed by atoms with E-state index in [1.807, 2.05) is 35.0 Å². The van der Waals surface area contributed by atoms with Crippen molar-refractivity contribution in [2.45, 2.75) is 12.5 Å². The van der Waals surface area contributed by atoms with Gasteiger partial charge in [-0.15, -0.1) is 0 Å². The van der Waals surface area contributed by atoms with E-state index in [-0.39, 0.29) is 0 Å². The van der Waals surface area contributed by atoms with Crippen molar-refractivity contribution in [1.82, 2.24) is 34.8 Å². The Labute approximate surface area is 189 Å². The van der Waals surface area contributed by atoms with E-state index >= 15 is 0 Å². The number of nitrogens with zero attached hydrogens (tertiary/aromatic N) is 7. The molecule has 5 aromatic rings. The largest absolute Gasteiger partial charge is 0.365 e. The summed E-state index contributed by atoms with van der Waals surface area (Å²) < 4.78 is 1.87. The number of fused-ring (bicyclic) bond motifs is 2. The Morgan fingerprint density at radius 1 is 1.06 bits per heavy atom. The third-order valence-corrected chi connectivity index (χ3v) is 5.86. The van der Waals surface area contributed by atoms with Gasteiger partial charge in [-0.1, -0.05) is 0 Å². The van der Waals surface area contributed by atoms with Gasteiger partial charge in [-0.05, 0) is 43.3 Å². The lowest BCUT2D eigenvalue weighted by Gasteiger charge is -2.15. The van der Waals surface area contributed by atoms with E-state index in [1.54, 1.807) is 30.9 Å². The van der Waals surface area contributed by atoms with E-state index in [0.717, 1.165) is 47.2 Å². The third-order valence-electron chi connectivity index (χ3n) is 5.86. The molecule has 0 saturated carbocycles. The van der Waals surface area contributed by atoms with E-state index in [2.05, 4.69) is 31.7 Å². The highest BCUT2D eigenvalue weighted by Gasteiger charge is 2.18. The molecule has 1 unspecified atom stereocenters. The molecule has 1 atom stereocenters. The van der Waals surface area contributed by atoms with Crippen LogP contribution in [-0.4, -0.2) is 48.6 Å². The second-order valence-electron chi connectivity index (χ2n) is 7.92. The van der Waals surface area contributed by atoms with E-state index in [1.165, 1.54) is 0 Å². The highest BCUT2D eigenvalue weighted by molar-refractivity contribution is 5.90. The molecule has 2 N–H and O–H groups in total. The molecule has 0 radical (unpaired) electrons. The van der Waals surface area contributed by atoms with Crippen LogP contribution < -0.4 is 10.6 Å². The first-order valence-corrected chi connectivity index (χ1v) is 10.7. The Hall–Kier alpha value is -4.42. The summed E-state index contributed by atoms with van der Waals surface area (Å²) in [6, 6.07) is 11.9. The first kappa shape index (κ1) is 19.3. The topological polar surface area (TPSA) is 117 Å². The normalized spacial score (nSPS) is 15.7. The molecule has 5 aromatic heterocycles. The fraction of sp³-hybridized carbons (Fsp3) is 0.167. The van der Waals surface area contributed by atoms with Crippen LogP contribution in [0, 0.1) is 11.3 Å². The maximum absolute atomic E-state index is 9.39. The fourth-order valence-electron chi connectivity index (χ4n) is 4.20. The summed E-state index contributed by atoms with van der Waals surface area (Å²) in [5.74, 6) is 2.07. The van der Waals surface area contributed by atoms with Crippen molar-refractivity contribution < 1.29 is 0 Å². The number of hydrogen-bond donors (Lipinski definition) is 2. The second kappa shape index (κ2) is 7.93. The zero-order valence-corrected chi connectivity index (χ0v) is 17.6. The van der Waals surface area contributed by atoms with E-state index < -0.39 is 0 Å². The quantitative estimate of drug-likeness (QED) is 0.444. The van der Waals surface area contributed by atoms with Crippen LogP contribution in [0.3, 0.4) is 0 Å². The summed E-state index contributed by atoms with van der Waals surface area (Å²) in [6.45, 7) is 1.90. The summed E-state index contributed by atoms with van der Waals surface area (Å²) >= 11 is 0. The lowest BCUT2D eigenvalue weighted by Crippen LogP contribution is -2.23. The number of nitrogens with one attached hydrogen (secondary N) is 2. The van der Waals surface area contributed by atoms with Crippen molar-refractivity contribution in [3.05, 3.63) is 66.9 Å². The maximum atomic E-state index is 9.39. The number of pyridine rings is 3. The first-order valence-electron chi connectivity index (χ1n) is 10.7. The van der Waals surface area contributed by atoms with Gasteiger partial charge in [-0.3, -0.25) is 9.55 Å². The molecule has 9 nitrogen and oxygen atoms in total. The van der Waals surface area contributed by atoms with Crippen molar-refractivity contribution in [3.8, 4) is 23.3 Å². The van der Waals surface area contributed by atoms with Gasteiger partial charge in [-0.2, -0.15) is 5.26 Å². The molecule has 1 fully saturated rings. The van der Waals surface area contributed by atoms with Gasteiger partial charge in [0.05, 0.1) is 23.3 Å². The molecule has 1 aliphatic rings. The Balaban J connectivity index is 1.45. The SMILES string of the molecule is N#Cc1ccnc2c1ccn2-c1cc(-c2nc(NC3CCNC3)c3ccncc3n2)ccn1. The molecule has 0 bridgehead atoms. The lowest BCUT2D eigenvalue weighted by atomic mass is 10.2. The summed E-state index contributed by atoms with van der Waals surface area (Å²) in [5.41, 5.74) is 2.87. The Kier molecular flexibility index (Phi) is 4.63. The minimum atomic E-state index is 0.323. The van der Waals surface area contributed by atoms with Crippen molar-refractivity contribution >= 4 is 27.8 Å². The molecule has 0 aromatic carbocycles. The molecule has 160 valence electrons. The molecule has 0 amide bonds. The molecular weight excluding hydrogens is 414 g/mol. The number of aromatic nitrogens is 6. The minimum Gasteiger partial charge on any atom is -0.365 e. The van der Waals surface area contributed by atoms with Crippen LogP contribution in [0.2, 0.25) is 0 Å². The summed E-state index contributed by atoms with van der Waals surface area (Å²) in [6.07, 6.45) is 9.80. The van der Waals surface area contributed by atoms with Crippen LogP contribution in [-0.2, 0) is 0 Å². The third kappa shape index (κ3) is 3.43. The minimum absolute atomic E-state index is 0.323. The number of rotatable bonds is 4. The fourth-order valence-corrected chi connectivity index (χ4v) is 4.20. The van der Waals surface area contributed by atoms with Crippen LogP contribution in [0.4, 0.5) is 5.82 Å². The molecule has 6 rings (SSSR count). The monoisotopic (exact) mass is 433 g/mol. The van der Waals surface area contributed by atoms with Gasteiger partial charge in [0.2, 0.25) is 0 Å². The molecule has 6 heterocycles. The zero-order chi connectivity index (χ0) is 22.2. The number of anilines is 1. The van der Waals surface area contributed by atoms with Gasteiger partial charge in [0, 0.05) is 53.7 Å².